The number of allylic oxidation sites excluding steroid dienone is 1. The van der Waals surface area contributed by atoms with Gasteiger partial charge in [0.15, 0.2) is 0 Å². The molecular formula is C23H28O. The van der Waals surface area contributed by atoms with Crippen LogP contribution in [0.1, 0.15) is 66.7 Å². The summed E-state index contributed by atoms with van der Waals surface area (Å²) < 4.78 is 5.20. The smallest absolute Gasteiger partial charge is 0.0713 e. The fraction of sp³-hybridized carbons (Fsp3) is 0.391. The van der Waals surface area contributed by atoms with Crippen LogP contribution in [0.2, 0.25) is 0 Å². The van der Waals surface area contributed by atoms with Gasteiger partial charge in [-0.1, -0.05) is 60.7 Å². The lowest BCUT2D eigenvalue weighted by atomic mass is 9.76. The van der Waals surface area contributed by atoms with Gasteiger partial charge in [0.05, 0.1) is 6.61 Å². The van der Waals surface area contributed by atoms with Gasteiger partial charge in [-0.2, -0.15) is 0 Å². The van der Waals surface area contributed by atoms with E-state index in [-0.39, 0.29) is 0 Å². The Morgan fingerprint density at radius 2 is 1.33 bits per heavy atom. The Hall–Kier alpha value is -1.86. The summed E-state index contributed by atoms with van der Waals surface area (Å²) in [7, 11) is 1.75. The average molecular weight is 320 g/mol. The van der Waals surface area contributed by atoms with Gasteiger partial charge in [0.1, 0.15) is 0 Å². The van der Waals surface area contributed by atoms with Gasteiger partial charge in [-0.3, -0.25) is 0 Å². The predicted molar refractivity (Wildman–Crippen MR) is 102 cm³/mol. The molecule has 1 saturated carbocycles. The third-order valence-corrected chi connectivity index (χ3v) is 5.26. The summed E-state index contributed by atoms with van der Waals surface area (Å²) in [5.41, 5.74) is 5.57. The topological polar surface area (TPSA) is 9.23 Å². The first-order valence-electron chi connectivity index (χ1n) is 9.10. The molecule has 1 nitrogen and oxygen atoms in total. The van der Waals surface area contributed by atoms with E-state index >= 15 is 0 Å². The van der Waals surface area contributed by atoms with Gasteiger partial charge in [0.25, 0.3) is 0 Å². The minimum Gasteiger partial charge on any atom is -0.380 e. The van der Waals surface area contributed by atoms with Gasteiger partial charge < -0.3 is 4.74 Å². The van der Waals surface area contributed by atoms with Gasteiger partial charge in [0, 0.05) is 7.11 Å². The van der Waals surface area contributed by atoms with Crippen LogP contribution in [-0.2, 0) is 11.3 Å². The van der Waals surface area contributed by atoms with E-state index in [4.69, 9.17) is 4.74 Å². The Kier molecular flexibility index (Phi) is 5.87. The summed E-state index contributed by atoms with van der Waals surface area (Å²) in [5.74, 6) is 1.45. The molecule has 1 heteroatoms. The first-order valence-corrected chi connectivity index (χ1v) is 9.10. The monoisotopic (exact) mass is 320 g/mol. The number of hydrogen-bond acceptors (Lipinski definition) is 1. The Morgan fingerprint density at radius 1 is 0.833 bits per heavy atom. The summed E-state index contributed by atoms with van der Waals surface area (Å²) in [6.07, 6.45) is 9.45. The molecule has 1 aliphatic carbocycles. The van der Waals surface area contributed by atoms with Crippen molar-refractivity contribution >= 4 is 6.08 Å². The summed E-state index contributed by atoms with van der Waals surface area (Å²) in [5, 5.41) is 0. The third kappa shape index (κ3) is 4.15. The van der Waals surface area contributed by atoms with Crippen LogP contribution in [0.3, 0.4) is 0 Å². The molecule has 126 valence electrons. The molecular weight excluding hydrogens is 292 g/mol. The van der Waals surface area contributed by atoms with E-state index in [0.717, 1.165) is 11.8 Å². The van der Waals surface area contributed by atoms with Gasteiger partial charge >= 0.3 is 0 Å². The number of benzene rings is 2. The van der Waals surface area contributed by atoms with Crippen LogP contribution in [0, 0.1) is 0 Å². The molecule has 1 aliphatic rings. The number of hydrogen-bond donors (Lipinski definition) is 0. The lowest BCUT2D eigenvalue weighted by Crippen LogP contribution is -2.12. The molecule has 0 aliphatic heterocycles. The number of rotatable bonds is 5. The lowest BCUT2D eigenvalue weighted by Gasteiger charge is -2.29. The lowest BCUT2D eigenvalue weighted by molar-refractivity contribution is 0.185. The highest BCUT2D eigenvalue weighted by atomic mass is 16.5. The van der Waals surface area contributed by atoms with Gasteiger partial charge in [-0.25, -0.2) is 0 Å². The van der Waals surface area contributed by atoms with Crippen molar-refractivity contribution in [2.75, 3.05) is 7.11 Å². The van der Waals surface area contributed by atoms with Crippen LogP contribution < -0.4 is 0 Å². The second kappa shape index (κ2) is 8.30. The molecule has 0 radical (unpaired) electrons. The van der Waals surface area contributed by atoms with Crippen molar-refractivity contribution in [1.82, 2.24) is 0 Å². The molecule has 0 unspecified atom stereocenters. The highest BCUT2D eigenvalue weighted by molar-refractivity contribution is 5.49. The van der Waals surface area contributed by atoms with Crippen molar-refractivity contribution in [3.05, 3.63) is 76.9 Å². The SMILES string of the molecule is C/C=C/c1ccc(C2CCC(c3ccc(COC)cc3)CC2)cc1. The van der Waals surface area contributed by atoms with Crippen LogP contribution in [-0.4, -0.2) is 7.11 Å². The van der Waals surface area contributed by atoms with E-state index in [9.17, 15) is 0 Å². The highest BCUT2D eigenvalue weighted by Gasteiger charge is 2.23. The van der Waals surface area contributed by atoms with Crippen molar-refractivity contribution in [1.29, 1.82) is 0 Å². The average Bonchev–Trinajstić information content (AvgIpc) is 2.64. The maximum absolute atomic E-state index is 5.20. The number of methoxy groups -OCH3 is 1. The maximum Gasteiger partial charge on any atom is 0.0713 e. The van der Waals surface area contributed by atoms with Crippen molar-refractivity contribution in [2.45, 2.75) is 51.0 Å². The molecule has 2 aromatic rings. The molecule has 0 spiro atoms. The summed E-state index contributed by atoms with van der Waals surface area (Å²) >= 11 is 0. The number of ether oxygens (including phenoxy) is 1. The summed E-state index contributed by atoms with van der Waals surface area (Å²) in [4.78, 5) is 0. The van der Waals surface area contributed by atoms with E-state index in [1.165, 1.54) is 47.9 Å². The Labute approximate surface area is 146 Å². The van der Waals surface area contributed by atoms with Crippen LogP contribution in [0.4, 0.5) is 0 Å². The summed E-state index contributed by atoms with van der Waals surface area (Å²) in [6.45, 7) is 2.77. The van der Waals surface area contributed by atoms with Crippen molar-refractivity contribution < 1.29 is 4.74 Å². The van der Waals surface area contributed by atoms with E-state index in [1.807, 2.05) is 0 Å². The van der Waals surface area contributed by atoms with Crippen molar-refractivity contribution in [3.8, 4) is 0 Å². The Balaban J connectivity index is 1.58. The molecule has 0 bridgehead atoms. The normalized spacial score (nSPS) is 21.2. The van der Waals surface area contributed by atoms with E-state index < -0.39 is 0 Å². The molecule has 3 rings (SSSR count). The molecule has 2 aromatic carbocycles. The quantitative estimate of drug-likeness (QED) is 0.627. The molecule has 24 heavy (non-hydrogen) atoms. The molecule has 0 aromatic heterocycles. The molecule has 0 amide bonds. The molecule has 0 heterocycles. The van der Waals surface area contributed by atoms with Gasteiger partial charge in [-0.15, -0.1) is 0 Å². The minimum atomic E-state index is 0.705. The van der Waals surface area contributed by atoms with Gasteiger partial charge in [-0.05, 0) is 66.7 Å². The predicted octanol–water partition coefficient (Wildman–Crippen LogP) is 6.31. The first kappa shape index (κ1) is 17.0. The fourth-order valence-corrected chi connectivity index (χ4v) is 3.88. The highest BCUT2D eigenvalue weighted by Crippen LogP contribution is 2.40. The summed E-state index contributed by atoms with van der Waals surface area (Å²) in [6, 6.07) is 18.2. The first-order chi connectivity index (χ1) is 11.8. The molecule has 1 fully saturated rings. The zero-order chi connectivity index (χ0) is 16.8. The van der Waals surface area contributed by atoms with Crippen molar-refractivity contribution in [3.63, 3.8) is 0 Å². The van der Waals surface area contributed by atoms with E-state index in [2.05, 4.69) is 67.6 Å². The molecule has 0 N–H and O–H groups in total. The largest absolute Gasteiger partial charge is 0.380 e. The Bertz CT molecular complexity index is 643. The van der Waals surface area contributed by atoms with Crippen LogP contribution in [0.15, 0.2) is 54.6 Å². The van der Waals surface area contributed by atoms with E-state index in [1.54, 1.807) is 7.11 Å². The Morgan fingerprint density at radius 3 is 1.79 bits per heavy atom. The minimum absolute atomic E-state index is 0.705. The van der Waals surface area contributed by atoms with Crippen LogP contribution >= 0.6 is 0 Å². The van der Waals surface area contributed by atoms with Crippen molar-refractivity contribution in [2.24, 2.45) is 0 Å². The second-order valence-electron chi connectivity index (χ2n) is 6.89. The maximum atomic E-state index is 5.20. The fourth-order valence-electron chi connectivity index (χ4n) is 3.88. The molecule has 0 atom stereocenters. The van der Waals surface area contributed by atoms with Crippen LogP contribution in [0.5, 0.6) is 0 Å². The zero-order valence-corrected chi connectivity index (χ0v) is 14.9. The van der Waals surface area contributed by atoms with E-state index in [0.29, 0.717) is 6.61 Å². The standard InChI is InChI=1S/C23H28O/c1-3-4-18-5-9-20(10-6-18)22-13-15-23(16-14-22)21-11-7-19(8-12-21)17-24-2/h3-12,22-23H,13-17H2,1-2H3/b4-3+. The molecule has 0 saturated heterocycles. The van der Waals surface area contributed by atoms with Gasteiger partial charge in [0.2, 0.25) is 0 Å². The zero-order valence-electron chi connectivity index (χ0n) is 14.9. The third-order valence-electron chi connectivity index (χ3n) is 5.26. The van der Waals surface area contributed by atoms with Crippen LogP contribution in [0.25, 0.3) is 6.08 Å². The second-order valence-corrected chi connectivity index (χ2v) is 6.89.